The number of rotatable bonds is 4. The zero-order chi connectivity index (χ0) is 14.8. The van der Waals surface area contributed by atoms with Gasteiger partial charge in [-0.25, -0.2) is 4.39 Å². The molecular formula is C15H20FNO3. The van der Waals surface area contributed by atoms with Gasteiger partial charge in [-0.3, -0.25) is 9.69 Å². The van der Waals surface area contributed by atoms with Gasteiger partial charge in [0, 0.05) is 19.2 Å². The summed E-state index contributed by atoms with van der Waals surface area (Å²) in [5, 5.41) is 18.8. The molecule has 1 aromatic carbocycles. The molecule has 110 valence electrons. The van der Waals surface area contributed by atoms with E-state index in [9.17, 15) is 19.4 Å². The number of carbonyl (C=O) groups is 1. The molecule has 0 saturated carbocycles. The molecule has 1 fully saturated rings. The van der Waals surface area contributed by atoms with E-state index in [0.29, 0.717) is 31.5 Å². The summed E-state index contributed by atoms with van der Waals surface area (Å²) in [6.45, 7) is 3.62. The van der Waals surface area contributed by atoms with Crippen LogP contribution in [0.4, 0.5) is 4.39 Å². The fraction of sp³-hybridized carbons (Fsp3) is 0.533. The topological polar surface area (TPSA) is 60.8 Å². The Hall–Kier alpha value is -1.62. The van der Waals surface area contributed by atoms with Crippen LogP contribution in [-0.2, 0) is 11.3 Å². The van der Waals surface area contributed by atoms with Gasteiger partial charge in [0.2, 0.25) is 0 Å². The summed E-state index contributed by atoms with van der Waals surface area (Å²) in [5.74, 6) is -1.33. The summed E-state index contributed by atoms with van der Waals surface area (Å²) in [6.07, 6.45) is 2.10. The number of halogens is 1. The number of hydrogen-bond acceptors (Lipinski definition) is 3. The van der Waals surface area contributed by atoms with Gasteiger partial charge < -0.3 is 10.2 Å². The lowest BCUT2D eigenvalue weighted by molar-refractivity contribution is -0.153. The third-order valence-electron chi connectivity index (χ3n) is 4.13. The molecule has 2 rings (SSSR count). The SMILES string of the molecule is CCC1(C(=O)O)CCCN(Cc2cc(O)cc(F)c2)C1. The number of hydrogen-bond donors (Lipinski definition) is 2. The first-order valence-corrected chi connectivity index (χ1v) is 6.89. The minimum Gasteiger partial charge on any atom is -0.508 e. The number of likely N-dealkylation sites (tertiary alicyclic amines) is 1. The van der Waals surface area contributed by atoms with E-state index in [1.807, 2.05) is 11.8 Å². The van der Waals surface area contributed by atoms with Gasteiger partial charge in [-0.05, 0) is 43.5 Å². The van der Waals surface area contributed by atoms with Crippen LogP contribution in [0.15, 0.2) is 18.2 Å². The fourth-order valence-corrected chi connectivity index (χ4v) is 2.96. The Labute approximate surface area is 117 Å². The molecule has 1 saturated heterocycles. The van der Waals surface area contributed by atoms with Crippen molar-refractivity contribution >= 4 is 5.97 Å². The average Bonchev–Trinajstić information content (AvgIpc) is 2.37. The van der Waals surface area contributed by atoms with Gasteiger partial charge in [-0.1, -0.05) is 6.92 Å². The van der Waals surface area contributed by atoms with Gasteiger partial charge in [-0.15, -0.1) is 0 Å². The van der Waals surface area contributed by atoms with Gasteiger partial charge in [0.15, 0.2) is 0 Å². The lowest BCUT2D eigenvalue weighted by atomic mass is 9.77. The molecule has 1 aliphatic rings. The second kappa shape index (κ2) is 5.79. The molecule has 2 N–H and O–H groups in total. The van der Waals surface area contributed by atoms with Gasteiger partial charge in [-0.2, -0.15) is 0 Å². The van der Waals surface area contributed by atoms with Crippen LogP contribution in [-0.4, -0.2) is 34.2 Å². The van der Waals surface area contributed by atoms with E-state index in [-0.39, 0.29) is 5.75 Å². The molecule has 1 atom stereocenters. The molecular weight excluding hydrogens is 261 g/mol. The van der Waals surface area contributed by atoms with Crippen LogP contribution in [0.25, 0.3) is 0 Å². The van der Waals surface area contributed by atoms with Crippen LogP contribution in [0.2, 0.25) is 0 Å². The third kappa shape index (κ3) is 3.10. The average molecular weight is 281 g/mol. The fourth-order valence-electron chi connectivity index (χ4n) is 2.96. The van der Waals surface area contributed by atoms with E-state index in [0.717, 1.165) is 19.0 Å². The number of benzene rings is 1. The summed E-state index contributed by atoms with van der Waals surface area (Å²) in [4.78, 5) is 13.5. The number of aliphatic carboxylic acids is 1. The standard InChI is InChI=1S/C15H20FNO3/c1-2-15(14(19)20)4-3-5-17(10-15)9-11-6-12(16)8-13(18)7-11/h6-8,18H,2-5,9-10H2,1H3,(H,19,20). The molecule has 20 heavy (non-hydrogen) atoms. The molecule has 4 nitrogen and oxygen atoms in total. The van der Waals surface area contributed by atoms with Gasteiger partial charge >= 0.3 is 5.97 Å². The van der Waals surface area contributed by atoms with Gasteiger partial charge in [0.05, 0.1) is 5.41 Å². The summed E-state index contributed by atoms with van der Waals surface area (Å²) < 4.78 is 13.3. The van der Waals surface area contributed by atoms with Crippen molar-refractivity contribution in [3.63, 3.8) is 0 Å². The molecule has 0 aliphatic carbocycles. The first-order valence-electron chi connectivity index (χ1n) is 6.89. The normalized spacial score (nSPS) is 23.7. The summed E-state index contributed by atoms with van der Waals surface area (Å²) in [7, 11) is 0. The number of nitrogens with zero attached hydrogens (tertiary/aromatic N) is 1. The van der Waals surface area contributed by atoms with E-state index in [1.165, 1.54) is 12.1 Å². The summed E-state index contributed by atoms with van der Waals surface area (Å²) in [5.41, 5.74) is -0.0343. The van der Waals surface area contributed by atoms with Gasteiger partial charge in [0.25, 0.3) is 0 Å². The minimum atomic E-state index is -0.758. The Balaban J connectivity index is 2.11. The smallest absolute Gasteiger partial charge is 0.310 e. The molecule has 0 radical (unpaired) electrons. The van der Waals surface area contributed by atoms with Crippen LogP contribution >= 0.6 is 0 Å². The van der Waals surface area contributed by atoms with E-state index in [4.69, 9.17) is 0 Å². The highest BCUT2D eigenvalue weighted by Gasteiger charge is 2.40. The third-order valence-corrected chi connectivity index (χ3v) is 4.13. The number of carboxylic acids is 1. The molecule has 1 heterocycles. The highest BCUT2D eigenvalue weighted by Crippen LogP contribution is 2.34. The predicted octanol–water partition coefficient (Wildman–Crippen LogP) is 2.61. The Bertz CT molecular complexity index is 486. The minimum absolute atomic E-state index is 0.100. The van der Waals surface area contributed by atoms with Crippen LogP contribution in [0, 0.1) is 11.2 Å². The zero-order valence-electron chi connectivity index (χ0n) is 11.6. The van der Waals surface area contributed by atoms with Crippen molar-refractivity contribution in [1.82, 2.24) is 4.90 Å². The Morgan fingerprint density at radius 1 is 1.45 bits per heavy atom. The lowest BCUT2D eigenvalue weighted by Gasteiger charge is -2.39. The number of aromatic hydroxyl groups is 1. The maximum Gasteiger partial charge on any atom is 0.310 e. The van der Waals surface area contributed by atoms with E-state index in [2.05, 4.69) is 0 Å². The highest BCUT2D eigenvalue weighted by molar-refractivity contribution is 5.75. The quantitative estimate of drug-likeness (QED) is 0.890. The Morgan fingerprint density at radius 3 is 2.80 bits per heavy atom. The zero-order valence-corrected chi connectivity index (χ0v) is 11.6. The Kier molecular flexibility index (Phi) is 4.28. The predicted molar refractivity (Wildman–Crippen MR) is 72.9 cm³/mol. The van der Waals surface area contributed by atoms with Crippen molar-refractivity contribution < 1.29 is 19.4 Å². The maximum atomic E-state index is 13.3. The van der Waals surface area contributed by atoms with Crippen molar-refractivity contribution in [3.05, 3.63) is 29.6 Å². The second-order valence-electron chi connectivity index (χ2n) is 5.57. The molecule has 0 bridgehead atoms. The van der Waals surface area contributed by atoms with Crippen LogP contribution in [0.5, 0.6) is 5.75 Å². The number of carboxylic acid groups (broad SMARTS) is 1. The first-order chi connectivity index (χ1) is 9.45. The van der Waals surface area contributed by atoms with E-state index in [1.54, 1.807) is 0 Å². The molecule has 0 amide bonds. The second-order valence-corrected chi connectivity index (χ2v) is 5.57. The molecule has 1 unspecified atom stereocenters. The monoisotopic (exact) mass is 281 g/mol. The Morgan fingerprint density at radius 2 is 2.20 bits per heavy atom. The highest BCUT2D eigenvalue weighted by atomic mass is 19.1. The van der Waals surface area contributed by atoms with Crippen molar-refractivity contribution in [2.45, 2.75) is 32.7 Å². The number of phenols is 1. The van der Waals surface area contributed by atoms with Crippen molar-refractivity contribution in [2.24, 2.45) is 5.41 Å². The van der Waals surface area contributed by atoms with Crippen LogP contribution < -0.4 is 0 Å². The van der Waals surface area contributed by atoms with E-state index < -0.39 is 17.2 Å². The first kappa shape index (κ1) is 14.8. The number of piperidine rings is 1. The summed E-state index contributed by atoms with van der Waals surface area (Å²) in [6, 6.07) is 3.96. The maximum absolute atomic E-state index is 13.3. The van der Waals surface area contributed by atoms with Crippen molar-refractivity contribution in [1.29, 1.82) is 0 Å². The van der Waals surface area contributed by atoms with Crippen LogP contribution in [0.3, 0.4) is 0 Å². The molecule has 1 aliphatic heterocycles. The summed E-state index contributed by atoms with van der Waals surface area (Å²) >= 11 is 0. The number of phenolic OH excluding ortho intramolecular Hbond substituents is 1. The molecule has 1 aromatic rings. The largest absolute Gasteiger partial charge is 0.508 e. The van der Waals surface area contributed by atoms with Crippen molar-refractivity contribution in [3.8, 4) is 5.75 Å². The molecule has 5 heteroatoms. The van der Waals surface area contributed by atoms with E-state index >= 15 is 0 Å². The van der Waals surface area contributed by atoms with Crippen LogP contribution in [0.1, 0.15) is 31.7 Å². The van der Waals surface area contributed by atoms with Gasteiger partial charge in [0.1, 0.15) is 11.6 Å². The van der Waals surface area contributed by atoms with Crippen molar-refractivity contribution in [2.75, 3.05) is 13.1 Å². The molecule has 0 spiro atoms. The lowest BCUT2D eigenvalue weighted by Crippen LogP contribution is -2.47. The molecule has 0 aromatic heterocycles.